The number of amides is 2. The van der Waals surface area contributed by atoms with Gasteiger partial charge in [0.05, 0.1) is 5.92 Å². The van der Waals surface area contributed by atoms with Gasteiger partial charge < -0.3 is 20.1 Å². The molecule has 4 rings (SSSR count). The summed E-state index contributed by atoms with van der Waals surface area (Å²) in [6, 6.07) is 6.81. The summed E-state index contributed by atoms with van der Waals surface area (Å²) in [6.07, 6.45) is 3.26. The van der Waals surface area contributed by atoms with E-state index in [0.717, 1.165) is 19.3 Å². The third kappa shape index (κ3) is 3.83. The van der Waals surface area contributed by atoms with Crippen molar-refractivity contribution < 1.29 is 24.2 Å². The first-order valence-corrected chi connectivity index (χ1v) is 9.57. The van der Waals surface area contributed by atoms with Crippen LogP contribution in [0.5, 0.6) is 0 Å². The molecule has 3 atom stereocenters. The van der Waals surface area contributed by atoms with Crippen molar-refractivity contribution in [2.45, 2.75) is 31.8 Å². The molecule has 2 heterocycles. The number of nitrogens with zero attached hydrogens (tertiary/aromatic N) is 1. The van der Waals surface area contributed by atoms with Crippen molar-refractivity contribution in [2.24, 2.45) is 17.8 Å². The summed E-state index contributed by atoms with van der Waals surface area (Å²) in [5.41, 5.74) is 1.01. The highest BCUT2D eigenvalue weighted by molar-refractivity contribution is 5.98. The molecule has 1 unspecified atom stereocenters. The number of hydrogen-bond donors (Lipinski definition) is 2. The summed E-state index contributed by atoms with van der Waals surface area (Å²) < 4.78 is 5.38. The second-order valence-corrected chi connectivity index (χ2v) is 7.73. The largest absolute Gasteiger partial charge is 0.481 e. The molecule has 1 aromatic rings. The van der Waals surface area contributed by atoms with E-state index in [0.29, 0.717) is 36.7 Å². The van der Waals surface area contributed by atoms with Gasteiger partial charge in [-0.25, -0.2) is 0 Å². The Morgan fingerprint density at radius 1 is 1.15 bits per heavy atom. The minimum absolute atomic E-state index is 0.0499. The standard InChI is InChI=1S/C20H24N2O5/c23-18(17-5-2-8-27-17)21-14-4-1-3-13(9-14)19(24)22-10-15(12-6-7-12)16(11-22)20(25)26/h1,3-4,9,12,15-17H,2,5-8,10-11H2,(H,21,23)(H,25,26)/t15-,16+,17?/m1/s1. The first-order valence-electron chi connectivity index (χ1n) is 9.57. The van der Waals surface area contributed by atoms with Gasteiger partial charge in [0.2, 0.25) is 0 Å². The SMILES string of the molecule is O=C(Nc1cccc(C(=O)N2C[C@H](C(=O)O)[C@@H](C3CC3)C2)c1)C1CCCO1. The lowest BCUT2D eigenvalue weighted by Crippen LogP contribution is -2.30. The highest BCUT2D eigenvalue weighted by Gasteiger charge is 2.46. The van der Waals surface area contributed by atoms with E-state index < -0.39 is 18.0 Å². The number of carbonyl (C=O) groups excluding carboxylic acids is 2. The zero-order valence-corrected chi connectivity index (χ0v) is 15.1. The molecule has 0 bridgehead atoms. The Labute approximate surface area is 157 Å². The van der Waals surface area contributed by atoms with Crippen molar-refractivity contribution in [3.63, 3.8) is 0 Å². The second-order valence-electron chi connectivity index (χ2n) is 7.73. The van der Waals surface area contributed by atoms with Gasteiger partial charge in [-0.15, -0.1) is 0 Å². The lowest BCUT2D eigenvalue weighted by atomic mass is 9.92. The summed E-state index contributed by atoms with van der Waals surface area (Å²) in [5.74, 6) is -1.20. The Hall–Kier alpha value is -2.41. The Kier molecular flexibility index (Phi) is 4.86. The molecule has 27 heavy (non-hydrogen) atoms. The first kappa shape index (κ1) is 18.0. The number of carboxylic acids is 1. The number of ether oxygens (including phenoxy) is 1. The van der Waals surface area contributed by atoms with Crippen LogP contribution in [-0.2, 0) is 14.3 Å². The number of rotatable bonds is 5. The predicted octanol–water partition coefficient (Wildman–Crippen LogP) is 1.99. The first-order chi connectivity index (χ1) is 13.0. The molecule has 7 heteroatoms. The smallest absolute Gasteiger partial charge is 0.308 e. The molecular formula is C20H24N2O5. The zero-order chi connectivity index (χ0) is 19.0. The maximum atomic E-state index is 12.9. The van der Waals surface area contributed by atoms with Gasteiger partial charge in [0, 0.05) is 30.9 Å². The van der Waals surface area contributed by atoms with E-state index in [9.17, 15) is 19.5 Å². The van der Waals surface area contributed by atoms with E-state index in [1.165, 1.54) is 0 Å². The number of carboxylic acid groups (broad SMARTS) is 1. The van der Waals surface area contributed by atoms with Crippen LogP contribution < -0.4 is 5.32 Å². The van der Waals surface area contributed by atoms with E-state index in [-0.39, 0.29) is 24.3 Å². The van der Waals surface area contributed by atoms with Gasteiger partial charge in [0.25, 0.3) is 11.8 Å². The van der Waals surface area contributed by atoms with Crippen molar-refractivity contribution in [3.8, 4) is 0 Å². The quantitative estimate of drug-likeness (QED) is 0.824. The average molecular weight is 372 g/mol. The maximum Gasteiger partial charge on any atom is 0.308 e. The second kappa shape index (κ2) is 7.31. The minimum Gasteiger partial charge on any atom is -0.481 e. The van der Waals surface area contributed by atoms with Gasteiger partial charge in [-0.3, -0.25) is 14.4 Å². The molecular weight excluding hydrogens is 348 g/mol. The molecule has 0 aromatic heterocycles. The Balaban J connectivity index is 1.44. The lowest BCUT2D eigenvalue weighted by Gasteiger charge is -2.17. The van der Waals surface area contributed by atoms with Crippen LogP contribution in [0.3, 0.4) is 0 Å². The van der Waals surface area contributed by atoms with Crippen LogP contribution in [0.4, 0.5) is 5.69 Å². The molecule has 1 saturated carbocycles. The van der Waals surface area contributed by atoms with Crippen LogP contribution in [0.1, 0.15) is 36.0 Å². The Morgan fingerprint density at radius 3 is 2.63 bits per heavy atom. The lowest BCUT2D eigenvalue weighted by molar-refractivity contribution is -0.142. The van der Waals surface area contributed by atoms with Gasteiger partial charge in [-0.2, -0.15) is 0 Å². The third-order valence-electron chi connectivity index (χ3n) is 5.80. The minimum atomic E-state index is -0.820. The van der Waals surface area contributed by atoms with Crippen LogP contribution in [-0.4, -0.2) is 53.6 Å². The number of anilines is 1. The fraction of sp³-hybridized carbons (Fsp3) is 0.550. The molecule has 2 N–H and O–H groups in total. The highest BCUT2D eigenvalue weighted by Crippen LogP contribution is 2.44. The van der Waals surface area contributed by atoms with E-state index in [4.69, 9.17) is 4.74 Å². The molecule has 2 amide bonds. The summed E-state index contributed by atoms with van der Waals surface area (Å²) in [4.78, 5) is 38.3. The van der Waals surface area contributed by atoms with Gasteiger partial charge in [-0.1, -0.05) is 6.07 Å². The number of aliphatic carboxylic acids is 1. The number of hydrogen-bond acceptors (Lipinski definition) is 4. The van der Waals surface area contributed by atoms with E-state index in [1.807, 2.05) is 0 Å². The molecule has 1 aliphatic carbocycles. The molecule has 2 aliphatic heterocycles. The van der Waals surface area contributed by atoms with E-state index >= 15 is 0 Å². The van der Waals surface area contributed by atoms with Crippen LogP contribution >= 0.6 is 0 Å². The maximum absolute atomic E-state index is 12.9. The van der Waals surface area contributed by atoms with Crippen LogP contribution in [0.2, 0.25) is 0 Å². The summed E-state index contributed by atoms with van der Waals surface area (Å²) in [5, 5.41) is 12.3. The van der Waals surface area contributed by atoms with Crippen LogP contribution in [0.25, 0.3) is 0 Å². The van der Waals surface area contributed by atoms with Crippen molar-refractivity contribution in [2.75, 3.05) is 25.0 Å². The number of benzene rings is 1. The van der Waals surface area contributed by atoms with E-state index in [1.54, 1.807) is 29.2 Å². The summed E-state index contributed by atoms with van der Waals surface area (Å²) in [6.45, 7) is 1.34. The number of nitrogens with one attached hydrogen (secondary N) is 1. The van der Waals surface area contributed by atoms with Crippen molar-refractivity contribution >= 4 is 23.5 Å². The summed E-state index contributed by atoms with van der Waals surface area (Å²) >= 11 is 0. The molecule has 3 aliphatic rings. The van der Waals surface area contributed by atoms with Crippen LogP contribution in [0, 0.1) is 17.8 Å². The Morgan fingerprint density at radius 2 is 1.96 bits per heavy atom. The van der Waals surface area contributed by atoms with Crippen molar-refractivity contribution in [3.05, 3.63) is 29.8 Å². The molecule has 0 spiro atoms. The van der Waals surface area contributed by atoms with E-state index in [2.05, 4.69) is 5.32 Å². The zero-order valence-electron chi connectivity index (χ0n) is 15.1. The predicted molar refractivity (Wildman–Crippen MR) is 97.3 cm³/mol. The topological polar surface area (TPSA) is 95.9 Å². The summed E-state index contributed by atoms with van der Waals surface area (Å²) in [7, 11) is 0. The van der Waals surface area contributed by atoms with Gasteiger partial charge >= 0.3 is 5.97 Å². The number of likely N-dealkylation sites (tertiary alicyclic amines) is 1. The van der Waals surface area contributed by atoms with Crippen molar-refractivity contribution in [1.29, 1.82) is 0 Å². The van der Waals surface area contributed by atoms with Crippen LogP contribution in [0.15, 0.2) is 24.3 Å². The average Bonchev–Trinajstić information content (AvgIpc) is 3.18. The fourth-order valence-electron chi connectivity index (χ4n) is 4.18. The molecule has 7 nitrogen and oxygen atoms in total. The normalized spacial score (nSPS) is 27.6. The van der Waals surface area contributed by atoms with Gasteiger partial charge in [0.1, 0.15) is 6.10 Å². The van der Waals surface area contributed by atoms with Gasteiger partial charge in [0.15, 0.2) is 0 Å². The third-order valence-corrected chi connectivity index (χ3v) is 5.80. The van der Waals surface area contributed by atoms with Gasteiger partial charge in [-0.05, 0) is 55.7 Å². The molecule has 2 saturated heterocycles. The molecule has 144 valence electrons. The molecule has 0 radical (unpaired) electrons. The highest BCUT2D eigenvalue weighted by atomic mass is 16.5. The fourth-order valence-corrected chi connectivity index (χ4v) is 4.18. The Bertz CT molecular complexity index is 754. The molecule has 3 fully saturated rings. The number of carbonyl (C=O) groups is 3. The molecule has 1 aromatic carbocycles. The van der Waals surface area contributed by atoms with Crippen molar-refractivity contribution in [1.82, 2.24) is 4.90 Å². The monoisotopic (exact) mass is 372 g/mol.